The second kappa shape index (κ2) is 7.76. The van der Waals surface area contributed by atoms with Crippen molar-refractivity contribution in [3.63, 3.8) is 0 Å². The Hall–Kier alpha value is -1.37. The highest BCUT2D eigenvalue weighted by atomic mass is 79.9. The van der Waals surface area contributed by atoms with E-state index in [9.17, 15) is 9.59 Å². The van der Waals surface area contributed by atoms with Crippen molar-refractivity contribution in [2.45, 2.75) is 19.5 Å². The SMILES string of the molecule is CC(NC(=O)c1ccccc1Cl)C(=O)NCc1cc(Br)cs1. The molecular formula is C15H14BrClN2O2S. The van der Waals surface area contributed by atoms with Crippen molar-refractivity contribution in [2.75, 3.05) is 0 Å². The van der Waals surface area contributed by atoms with E-state index in [1.807, 2.05) is 11.4 Å². The third-order valence-corrected chi connectivity index (χ3v) is 4.95. The van der Waals surface area contributed by atoms with E-state index in [1.54, 1.807) is 42.5 Å². The largest absolute Gasteiger partial charge is 0.349 e. The lowest BCUT2D eigenvalue weighted by molar-refractivity contribution is -0.122. The minimum atomic E-state index is -0.646. The Balaban J connectivity index is 1.88. The molecule has 1 aromatic carbocycles. The van der Waals surface area contributed by atoms with Gasteiger partial charge >= 0.3 is 0 Å². The molecule has 2 rings (SSSR count). The van der Waals surface area contributed by atoms with Gasteiger partial charge in [-0.05, 0) is 41.1 Å². The first kappa shape index (κ1) is 17.0. The lowest BCUT2D eigenvalue weighted by Gasteiger charge is -2.14. The van der Waals surface area contributed by atoms with Gasteiger partial charge in [0.15, 0.2) is 0 Å². The van der Waals surface area contributed by atoms with Gasteiger partial charge < -0.3 is 10.6 Å². The Morgan fingerprint density at radius 2 is 2.09 bits per heavy atom. The molecule has 1 aromatic heterocycles. The minimum Gasteiger partial charge on any atom is -0.349 e. The number of amides is 2. The van der Waals surface area contributed by atoms with Gasteiger partial charge in [-0.1, -0.05) is 23.7 Å². The molecule has 0 aliphatic rings. The van der Waals surface area contributed by atoms with Crippen LogP contribution in [-0.2, 0) is 11.3 Å². The molecule has 22 heavy (non-hydrogen) atoms. The Kier molecular flexibility index (Phi) is 5.99. The van der Waals surface area contributed by atoms with E-state index in [1.165, 1.54) is 0 Å². The average molecular weight is 402 g/mol. The number of carbonyl (C=O) groups excluding carboxylic acids is 2. The van der Waals surface area contributed by atoms with E-state index >= 15 is 0 Å². The van der Waals surface area contributed by atoms with Crippen LogP contribution in [0, 0.1) is 0 Å². The lowest BCUT2D eigenvalue weighted by atomic mass is 10.2. The first-order chi connectivity index (χ1) is 10.5. The van der Waals surface area contributed by atoms with Crippen molar-refractivity contribution < 1.29 is 9.59 Å². The summed E-state index contributed by atoms with van der Waals surface area (Å²) in [5.41, 5.74) is 0.353. The maximum absolute atomic E-state index is 12.1. The summed E-state index contributed by atoms with van der Waals surface area (Å²) < 4.78 is 0.988. The van der Waals surface area contributed by atoms with Crippen LogP contribution in [-0.4, -0.2) is 17.9 Å². The number of rotatable bonds is 5. The van der Waals surface area contributed by atoms with Gasteiger partial charge in [0, 0.05) is 14.7 Å². The molecule has 4 nitrogen and oxygen atoms in total. The van der Waals surface area contributed by atoms with Crippen molar-refractivity contribution in [3.05, 3.63) is 55.6 Å². The third-order valence-electron chi connectivity index (χ3n) is 2.92. The second-order valence-electron chi connectivity index (χ2n) is 4.62. The van der Waals surface area contributed by atoms with Gasteiger partial charge in [-0.25, -0.2) is 0 Å². The zero-order valence-electron chi connectivity index (χ0n) is 11.7. The van der Waals surface area contributed by atoms with Gasteiger partial charge in [-0.15, -0.1) is 11.3 Å². The molecule has 1 unspecified atom stereocenters. The van der Waals surface area contributed by atoms with E-state index in [0.29, 0.717) is 17.1 Å². The number of carbonyl (C=O) groups is 2. The highest BCUT2D eigenvalue weighted by Gasteiger charge is 2.17. The Morgan fingerprint density at radius 3 is 2.73 bits per heavy atom. The fourth-order valence-electron chi connectivity index (χ4n) is 1.76. The predicted molar refractivity (Wildman–Crippen MR) is 92.2 cm³/mol. The van der Waals surface area contributed by atoms with Crippen molar-refractivity contribution >= 4 is 50.7 Å². The molecule has 1 atom stereocenters. The van der Waals surface area contributed by atoms with Crippen LogP contribution < -0.4 is 10.6 Å². The molecule has 0 fully saturated rings. The lowest BCUT2D eigenvalue weighted by Crippen LogP contribution is -2.44. The molecule has 0 aliphatic carbocycles. The number of hydrogen-bond acceptors (Lipinski definition) is 3. The van der Waals surface area contributed by atoms with Gasteiger partial charge in [0.05, 0.1) is 17.1 Å². The maximum Gasteiger partial charge on any atom is 0.253 e. The van der Waals surface area contributed by atoms with Crippen LogP contribution in [0.25, 0.3) is 0 Å². The van der Waals surface area contributed by atoms with Crippen LogP contribution in [0.1, 0.15) is 22.2 Å². The molecule has 2 aromatic rings. The number of hydrogen-bond donors (Lipinski definition) is 2. The monoisotopic (exact) mass is 400 g/mol. The molecule has 0 saturated carbocycles. The van der Waals surface area contributed by atoms with Gasteiger partial charge in [0.2, 0.25) is 5.91 Å². The predicted octanol–water partition coefficient (Wildman–Crippen LogP) is 3.60. The summed E-state index contributed by atoms with van der Waals surface area (Å²) in [7, 11) is 0. The quantitative estimate of drug-likeness (QED) is 0.804. The Labute approximate surface area is 146 Å². The van der Waals surface area contributed by atoms with Crippen LogP contribution in [0.15, 0.2) is 40.2 Å². The first-order valence-corrected chi connectivity index (χ1v) is 8.58. The summed E-state index contributed by atoms with van der Waals surface area (Å²) in [5, 5.41) is 7.73. The highest BCUT2D eigenvalue weighted by molar-refractivity contribution is 9.10. The van der Waals surface area contributed by atoms with Crippen LogP contribution in [0.4, 0.5) is 0 Å². The van der Waals surface area contributed by atoms with E-state index in [0.717, 1.165) is 9.35 Å². The van der Waals surface area contributed by atoms with Crippen molar-refractivity contribution in [1.29, 1.82) is 0 Å². The van der Waals surface area contributed by atoms with Crippen molar-refractivity contribution in [1.82, 2.24) is 10.6 Å². The molecule has 0 aliphatic heterocycles. The molecule has 1 heterocycles. The zero-order valence-corrected chi connectivity index (χ0v) is 14.9. The van der Waals surface area contributed by atoms with Crippen LogP contribution >= 0.6 is 38.9 Å². The number of thiophene rings is 1. The Bertz CT molecular complexity index is 690. The molecule has 116 valence electrons. The normalized spacial score (nSPS) is 11.8. The van der Waals surface area contributed by atoms with Crippen LogP contribution in [0.3, 0.4) is 0 Å². The summed E-state index contributed by atoms with van der Waals surface area (Å²) in [6.45, 7) is 2.07. The maximum atomic E-state index is 12.1. The van der Waals surface area contributed by atoms with E-state index in [4.69, 9.17) is 11.6 Å². The number of halogens is 2. The summed E-state index contributed by atoms with van der Waals surface area (Å²) >= 11 is 10.9. The van der Waals surface area contributed by atoms with Gasteiger partial charge in [0.1, 0.15) is 6.04 Å². The zero-order chi connectivity index (χ0) is 16.1. The van der Waals surface area contributed by atoms with Gasteiger partial charge in [0.25, 0.3) is 5.91 Å². The molecule has 0 bridgehead atoms. The standard InChI is InChI=1S/C15H14BrClN2O2S/c1-9(14(20)18-7-11-6-10(16)8-22-11)19-15(21)12-4-2-3-5-13(12)17/h2-6,8-9H,7H2,1H3,(H,18,20)(H,19,21). The first-order valence-electron chi connectivity index (χ1n) is 6.53. The topological polar surface area (TPSA) is 58.2 Å². The van der Waals surface area contributed by atoms with Crippen LogP contribution in [0.2, 0.25) is 5.02 Å². The summed E-state index contributed by atoms with van der Waals surface area (Å²) in [6, 6.07) is 8.01. The third kappa shape index (κ3) is 4.56. The summed E-state index contributed by atoms with van der Waals surface area (Å²) in [4.78, 5) is 25.1. The molecule has 2 N–H and O–H groups in total. The van der Waals surface area contributed by atoms with E-state index in [2.05, 4.69) is 26.6 Å². The summed E-state index contributed by atoms with van der Waals surface area (Å²) in [5.74, 6) is -0.614. The Morgan fingerprint density at radius 1 is 1.36 bits per heavy atom. The van der Waals surface area contributed by atoms with Gasteiger partial charge in [-0.2, -0.15) is 0 Å². The molecule has 0 spiro atoms. The fraction of sp³-hybridized carbons (Fsp3) is 0.200. The minimum absolute atomic E-state index is 0.245. The highest BCUT2D eigenvalue weighted by Crippen LogP contribution is 2.19. The molecule has 0 radical (unpaired) electrons. The van der Waals surface area contributed by atoms with Gasteiger partial charge in [-0.3, -0.25) is 9.59 Å². The smallest absolute Gasteiger partial charge is 0.253 e. The fourth-order valence-corrected chi connectivity index (χ4v) is 3.37. The average Bonchev–Trinajstić information content (AvgIpc) is 2.90. The molecule has 2 amide bonds. The van der Waals surface area contributed by atoms with Crippen molar-refractivity contribution in [2.24, 2.45) is 0 Å². The second-order valence-corrected chi connectivity index (χ2v) is 6.94. The number of benzene rings is 1. The van der Waals surface area contributed by atoms with Crippen molar-refractivity contribution in [3.8, 4) is 0 Å². The molecule has 0 saturated heterocycles. The molecule has 7 heteroatoms. The van der Waals surface area contributed by atoms with Crippen LogP contribution in [0.5, 0.6) is 0 Å². The van der Waals surface area contributed by atoms with E-state index < -0.39 is 6.04 Å². The number of nitrogens with one attached hydrogen (secondary N) is 2. The molecular weight excluding hydrogens is 388 g/mol. The summed E-state index contributed by atoms with van der Waals surface area (Å²) in [6.07, 6.45) is 0. The van der Waals surface area contributed by atoms with E-state index in [-0.39, 0.29) is 11.8 Å².